The Hall–Kier alpha value is -2.04. The summed E-state index contributed by atoms with van der Waals surface area (Å²) in [5.41, 5.74) is 1.32. The highest BCUT2D eigenvalue weighted by Crippen LogP contribution is 2.15. The molecular weight excluding hydrogens is 304 g/mol. The Morgan fingerprint density at radius 1 is 1.25 bits per heavy atom. The zero-order valence-corrected chi connectivity index (χ0v) is 14.7. The fourth-order valence-electron chi connectivity index (χ4n) is 3.10. The molecule has 1 saturated heterocycles. The van der Waals surface area contributed by atoms with Crippen LogP contribution in [0, 0.1) is 5.92 Å². The lowest BCUT2D eigenvalue weighted by Crippen LogP contribution is -2.46. The number of ether oxygens (including phenoxy) is 1. The van der Waals surface area contributed by atoms with Gasteiger partial charge in [0.1, 0.15) is 0 Å². The number of nitrogens with zero attached hydrogens (tertiary/aromatic N) is 1. The van der Waals surface area contributed by atoms with Gasteiger partial charge in [-0.2, -0.15) is 0 Å². The molecular formula is C19H28N2O3. The molecule has 5 nitrogen and oxygen atoms in total. The summed E-state index contributed by atoms with van der Waals surface area (Å²) < 4.78 is 4.72. The van der Waals surface area contributed by atoms with E-state index < -0.39 is 0 Å². The fraction of sp³-hybridized carbons (Fsp3) is 0.579. The van der Waals surface area contributed by atoms with Gasteiger partial charge in [-0.25, -0.2) is 4.79 Å². The Labute approximate surface area is 144 Å². The average Bonchev–Trinajstić information content (AvgIpc) is 2.60. The molecule has 0 radical (unpaired) electrons. The second-order valence-corrected chi connectivity index (χ2v) is 6.63. The minimum absolute atomic E-state index is 0.118. The van der Waals surface area contributed by atoms with Crippen molar-refractivity contribution in [2.75, 3.05) is 20.2 Å². The summed E-state index contributed by atoms with van der Waals surface area (Å²) in [4.78, 5) is 25.3. The van der Waals surface area contributed by atoms with Gasteiger partial charge in [0.25, 0.3) is 0 Å². The molecule has 24 heavy (non-hydrogen) atoms. The minimum atomic E-state index is -0.283. The van der Waals surface area contributed by atoms with Crippen molar-refractivity contribution in [3.63, 3.8) is 0 Å². The highest BCUT2D eigenvalue weighted by Gasteiger charge is 2.24. The van der Waals surface area contributed by atoms with Crippen molar-refractivity contribution in [1.29, 1.82) is 0 Å². The lowest BCUT2D eigenvalue weighted by Gasteiger charge is -2.31. The largest absolute Gasteiger partial charge is 0.453 e. The number of carbonyl (C=O) groups is 2. The third-order valence-corrected chi connectivity index (χ3v) is 4.60. The lowest BCUT2D eigenvalue weighted by atomic mass is 9.97. The van der Waals surface area contributed by atoms with Crippen molar-refractivity contribution in [2.45, 2.75) is 45.1 Å². The van der Waals surface area contributed by atoms with E-state index >= 15 is 0 Å². The zero-order valence-electron chi connectivity index (χ0n) is 14.7. The highest BCUT2D eigenvalue weighted by molar-refractivity contribution is 5.76. The van der Waals surface area contributed by atoms with Crippen LogP contribution in [-0.2, 0) is 16.0 Å². The van der Waals surface area contributed by atoms with Gasteiger partial charge >= 0.3 is 6.09 Å². The summed E-state index contributed by atoms with van der Waals surface area (Å²) in [6.07, 6.45) is 3.88. The van der Waals surface area contributed by atoms with Gasteiger partial charge < -0.3 is 15.0 Å². The summed E-state index contributed by atoms with van der Waals surface area (Å²) in [6, 6.07) is 10.5. The van der Waals surface area contributed by atoms with Gasteiger partial charge in [0, 0.05) is 25.6 Å². The number of aryl methyl sites for hydroxylation is 1. The van der Waals surface area contributed by atoms with E-state index in [1.54, 1.807) is 4.90 Å². The molecule has 1 atom stereocenters. The molecule has 1 aliphatic rings. The quantitative estimate of drug-likeness (QED) is 0.871. The number of likely N-dealkylation sites (tertiary alicyclic amines) is 1. The van der Waals surface area contributed by atoms with Crippen LogP contribution in [0.25, 0.3) is 0 Å². The number of benzene rings is 1. The number of hydrogen-bond donors (Lipinski definition) is 1. The Morgan fingerprint density at radius 2 is 1.92 bits per heavy atom. The summed E-state index contributed by atoms with van der Waals surface area (Å²) in [7, 11) is 1.40. The summed E-state index contributed by atoms with van der Waals surface area (Å²) in [6.45, 7) is 3.41. The van der Waals surface area contributed by atoms with Crippen molar-refractivity contribution in [3.8, 4) is 0 Å². The van der Waals surface area contributed by atoms with E-state index in [4.69, 9.17) is 4.74 Å². The van der Waals surface area contributed by atoms with Crippen LogP contribution in [0.15, 0.2) is 30.3 Å². The summed E-state index contributed by atoms with van der Waals surface area (Å²) in [5, 5.41) is 3.11. The van der Waals surface area contributed by atoms with E-state index in [0.717, 1.165) is 25.7 Å². The number of rotatable bonds is 6. The zero-order chi connectivity index (χ0) is 17.4. The number of piperidine rings is 1. The Morgan fingerprint density at radius 3 is 2.54 bits per heavy atom. The molecule has 0 spiro atoms. The minimum Gasteiger partial charge on any atom is -0.453 e. The van der Waals surface area contributed by atoms with E-state index in [9.17, 15) is 9.59 Å². The van der Waals surface area contributed by atoms with Gasteiger partial charge in [-0.15, -0.1) is 0 Å². The molecule has 2 amide bonds. The van der Waals surface area contributed by atoms with Gasteiger partial charge in [-0.05, 0) is 37.2 Å². The maximum absolute atomic E-state index is 12.2. The molecule has 132 valence electrons. The average molecular weight is 332 g/mol. The monoisotopic (exact) mass is 332 g/mol. The van der Waals surface area contributed by atoms with Crippen LogP contribution in [0.5, 0.6) is 0 Å². The van der Waals surface area contributed by atoms with Crippen molar-refractivity contribution in [2.24, 2.45) is 5.92 Å². The van der Waals surface area contributed by atoms with Gasteiger partial charge in [0.05, 0.1) is 7.11 Å². The molecule has 0 aliphatic carbocycles. The van der Waals surface area contributed by atoms with E-state index in [1.165, 1.54) is 12.7 Å². The second kappa shape index (κ2) is 9.30. The number of amides is 2. The van der Waals surface area contributed by atoms with Gasteiger partial charge in [-0.3, -0.25) is 4.79 Å². The van der Waals surface area contributed by atoms with E-state index in [-0.39, 0.29) is 18.0 Å². The normalized spacial score (nSPS) is 16.5. The second-order valence-electron chi connectivity index (χ2n) is 6.63. The molecule has 1 aliphatic heterocycles. The summed E-state index contributed by atoms with van der Waals surface area (Å²) >= 11 is 0. The molecule has 0 unspecified atom stereocenters. The predicted molar refractivity (Wildman–Crippen MR) is 93.7 cm³/mol. The highest BCUT2D eigenvalue weighted by atomic mass is 16.5. The molecule has 1 aromatic carbocycles. The van der Waals surface area contributed by atoms with E-state index in [0.29, 0.717) is 25.4 Å². The van der Waals surface area contributed by atoms with Crippen molar-refractivity contribution >= 4 is 12.0 Å². The van der Waals surface area contributed by atoms with E-state index in [1.807, 2.05) is 18.2 Å². The third-order valence-electron chi connectivity index (χ3n) is 4.60. The molecule has 0 saturated carbocycles. The van der Waals surface area contributed by atoms with Crippen molar-refractivity contribution < 1.29 is 14.3 Å². The number of carbonyl (C=O) groups excluding carboxylic acids is 2. The smallest absolute Gasteiger partial charge is 0.409 e. The third kappa shape index (κ3) is 5.87. The molecule has 1 aromatic rings. The van der Waals surface area contributed by atoms with E-state index in [2.05, 4.69) is 24.4 Å². The van der Waals surface area contributed by atoms with Gasteiger partial charge in [0.15, 0.2) is 0 Å². The first-order valence-electron chi connectivity index (χ1n) is 8.74. The molecule has 0 bridgehead atoms. The Kier molecular flexibility index (Phi) is 7.09. The summed E-state index contributed by atoms with van der Waals surface area (Å²) in [5.74, 6) is 0.479. The van der Waals surface area contributed by atoms with Crippen LogP contribution in [0.4, 0.5) is 4.79 Å². The fourth-order valence-corrected chi connectivity index (χ4v) is 3.10. The first kappa shape index (κ1) is 18.3. The van der Waals surface area contributed by atoms with Crippen molar-refractivity contribution in [1.82, 2.24) is 10.2 Å². The molecule has 2 rings (SSSR count). The van der Waals surface area contributed by atoms with Crippen LogP contribution in [0.1, 0.15) is 38.2 Å². The molecule has 0 aromatic heterocycles. The molecule has 1 N–H and O–H groups in total. The van der Waals surface area contributed by atoms with Crippen LogP contribution >= 0.6 is 0 Å². The molecule has 5 heteroatoms. The maximum Gasteiger partial charge on any atom is 0.409 e. The van der Waals surface area contributed by atoms with Gasteiger partial charge in [-0.1, -0.05) is 37.3 Å². The van der Waals surface area contributed by atoms with Crippen LogP contribution in [0.2, 0.25) is 0 Å². The Bertz CT molecular complexity index is 525. The van der Waals surface area contributed by atoms with Gasteiger partial charge in [0.2, 0.25) is 5.91 Å². The SMILES string of the molecule is COC(=O)N1CCC(NC(=O)C[C@@H](C)CCc2ccccc2)CC1. The maximum atomic E-state index is 12.2. The number of methoxy groups -OCH3 is 1. The first-order valence-corrected chi connectivity index (χ1v) is 8.74. The topological polar surface area (TPSA) is 58.6 Å². The number of nitrogens with one attached hydrogen (secondary N) is 1. The lowest BCUT2D eigenvalue weighted by molar-refractivity contribution is -0.122. The van der Waals surface area contributed by atoms with Crippen LogP contribution < -0.4 is 5.32 Å². The van der Waals surface area contributed by atoms with Crippen LogP contribution in [-0.4, -0.2) is 43.1 Å². The molecule has 1 heterocycles. The predicted octanol–water partition coefficient (Wildman–Crippen LogP) is 2.99. The van der Waals surface area contributed by atoms with Crippen molar-refractivity contribution in [3.05, 3.63) is 35.9 Å². The first-order chi connectivity index (χ1) is 11.6. The number of hydrogen-bond acceptors (Lipinski definition) is 3. The van der Waals surface area contributed by atoms with Crippen LogP contribution in [0.3, 0.4) is 0 Å². The standard InChI is InChI=1S/C19H28N2O3/c1-15(8-9-16-6-4-3-5-7-16)14-18(22)20-17-10-12-21(13-11-17)19(23)24-2/h3-7,15,17H,8-14H2,1-2H3,(H,20,22)/t15-/m0/s1. The molecule has 1 fully saturated rings. The Balaban J connectivity index is 1.65.